The number of hydrogen-bond donors (Lipinski definition) is 1. The summed E-state index contributed by atoms with van der Waals surface area (Å²) in [5.74, 6) is 1.42. The van der Waals surface area contributed by atoms with Crippen molar-refractivity contribution >= 4 is 5.69 Å². The molecule has 1 aromatic rings. The Kier molecular flexibility index (Phi) is 1.74. The van der Waals surface area contributed by atoms with Crippen molar-refractivity contribution < 1.29 is 0 Å². The summed E-state index contributed by atoms with van der Waals surface area (Å²) in [6.07, 6.45) is 0. The second-order valence-electron chi connectivity index (χ2n) is 4.47. The Morgan fingerprint density at radius 1 is 1.20 bits per heavy atom. The number of piperidine rings is 1. The van der Waals surface area contributed by atoms with Gasteiger partial charge in [-0.1, -0.05) is 0 Å². The van der Waals surface area contributed by atoms with Crippen LogP contribution in [0.25, 0.3) is 0 Å². The fourth-order valence-corrected chi connectivity index (χ4v) is 2.53. The van der Waals surface area contributed by atoms with Gasteiger partial charge in [0.05, 0.1) is 11.6 Å². The average molecular weight is 199 g/mol. The molecule has 3 nitrogen and oxygen atoms in total. The first kappa shape index (κ1) is 8.75. The molecule has 3 rings (SSSR count). The van der Waals surface area contributed by atoms with E-state index in [0.717, 1.165) is 18.7 Å². The molecule has 0 amide bonds. The first-order valence-corrected chi connectivity index (χ1v) is 5.30. The number of anilines is 1. The van der Waals surface area contributed by atoms with Crippen LogP contribution in [0.3, 0.4) is 0 Å². The molecule has 2 aliphatic rings. The maximum absolute atomic E-state index is 8.70. The van der Waals surface area contributed by atoms with Crippen LogP contribution >= 0.6 is 0 Å². The zero-order valence-electron chi connectivity index (χ0n) is 8.43. The SMILES string of the molecule is N#Cc1ccc(N2C[C@@H]3[C@@H](N)[C@@H]3C2)cc1. The fourth-order valence-electron chi connectivity index (χ4n) is 2.53. The van der Waals surface area contributed by atoms with Gasteiger partial charge in [0, 0.05) is 24.8 Å². The summed E-state index contributed by atoms with van der Waals surface area (Å²) < 4.78 is 0. The van der Waals surface area contributed by atoms with Crippen LogP contribution in [-0.4, -0.2) is 19.1 Å². The first-order valence-electron chi connectivity index (χ1n) is 5.30. The number of nitriles is 1. The van der Waals surface area contributed by atoms with Gasteiger partial charge in [-0.15, -0.1) is 0 Å². The van der Waals surface area contributed by atoms with Crippen molar-refractivity contribution in [3.05, 3.63) is 29.8 Å². The highest BCUT2D eigenvalue weighted by molar-refractivity contribution is 5.51. The zero-order valence-corrected chi connectivity index (χ0v) is 8.43. The van der Waals surface area contributed by atoms with Crippen molar-refractivity contribution in [1.82, 2.24) is 0 Å². The van der Waals surface area contributed by atoms with E-state index in [2.05, 4.69) is 11.0 Å². The molecule has 3 heteroatoms. The van der Waals surface area contributed by atoms with Gasteiger partial charge >= 0.3 is 0 Å². The van der Waals surface area contributed by atoms with E-state index < -0.39 is 0 Å². The molecular formula is C12H13N3. The van der Waals surface area contributed by atoms with E-state index in [0.29, 0.717) is 17.9 Å². The molecular weight excluding hydrogens is 186 g/mol. The van der Waals surface area contributed by atoms with Crippen LogP contribution in [-0.2, 0) is 0 Å². The molecule has 0 unspecified atom stereocenters. The van der Waals surface area contributed by atoms with Crippen molar-refractivity contribution in [2.24, 2.45) is 17.6 Å². The lowest BCUT2D eigenvalue weighted by Crippen LogP contribution is -2.27. The van der Waals surface area contributed by atoms with Gasteiger partial charge in [0.2, 0.25) is 0 Å². The molecule has 15 heavy (non-hydrogen) atoms. The predicted molar refractivity (Wildman–Crippen MR) is 58.3 cm³/mol. The zero-order chi connectivity index (χ0) is 10.4. The summed E-state index contributed by atoms with van der Waals surface area (Å²) in [5, 5.41) is 8.70. The minimum atomic E-state index is 0.444. The number of hydrogen-bond acceptors (Lipinski definition) is 3. The lowest BCUT2D eigenvalue weighted by molar-refractivity contribution is 0.743. The minimum absolute atomic E-state index is 0.444. The summed E-state index contributed by atoms with van der Waals surface area (Å²) in [4.78, 5) is 2.36. The normalized spacial score (nSPS) is 32.3. The molecule has 1 saturated carbocycles. The molecule has 0 spiro atoms. The highest BCUT2D eigenvalue weighted by atomic mass is 15.2. The van der Waals surface area contributed by atoms with Crippen LogP contribution in [0, 0.1) is 23.2 Å². The smallest absolute Gasteiger partial charge is 0.0991 e. The Labute approximate surface area is 89.1 Å². The van der Waals surface area contributed by atoms with E-state index in [1.54, 1.807) is 0 Å². The van der Waals surface area contributed by atoms with Crippen LogP contribution in [0.15, 0.2) is 24.3 Å². The Morgan fingerprint density at radius 2 is 1.80 bits per heavy atom. The minimum Gasteiger partial charge on any atom is -0.371 e. The van der Waals surface area contributed by atoms with Crippen LogP contribution < -0.4 is 10.6 Å². The highest BCUT2D eigenvalue weighted by Gasteiger charge is 2.53. The van der Waals surface area contributed by atoms with E-state index in [1.807, 2.05) is 24.3 Å². The van der Waals surface area contributed by atoms with Crippen molar-refractivity contribution in [1.29, 1.82) is 5.26 Å². The van der Waals surface area contributed by atoms with Gasteiger partial charge < -0.3 is 10.6 Å². The summed E-state index contributed by atoms with van der Waals surface area (Å²) in [7, 11) is 0. The lowest BCUT2D eigenvalue weighted by Gasteiger charge is -2.21. The average Bonchev–Trinajstić information content (AvgIpc) is 2.74. The molecule has 1 aromatic carbocycles. The van der Waals surface area contributed by atoms with Crippen LogP contribution in [0.4, 0.5) is 5.69 Å². The van der Waals surface area contributed by atoms with Gasteiger partial charge in [0.15, 0.2) is 0 Å². The summed E-state index contributed by atoms with van der Waals surface area (Å²) in [6, 6.07) is 10.4. The number of benzene rings is 1. The first-order chi connectivity index (χ1) is 7.29. The maximum atomic E-state index is 8.70. The highest BCUT2D eigenvalue weighted by Crippen LogP contribution is 2.45. The summed E-state index contributed by atoms with van der Waals surface area (Å²) >= 11 is 0. The predicted octanol–water partition coefficient (Wildman–Crippen LogP) is 0.952. The van der Waals surface area contributed by atoms with Crippen molar-refractivity contribution in [3.63, 3.8) is 0 Å². The van der Waals surface area contributed by atoms with Gasteiger partial charge in [-0.2, -0.15) is 5.26 Å². The second kappa shape index (κ2) is 2.98. The van der Waals surface area contributed by atoms with Gasteiger partial charge in [-0.3, -0.25) is 0 Å². The standard InChI is InChI=1S/C12H13N3/c13-5-8-1-3-9(4-2-8)15-6-10-11(7-15)12(10)14/h1-4,10-12H,6-7,14H2/t10-,11+,12+. The van der Waals surface area contributed by atoms with Gasteiger partial charge in [-0.05, 0) is 36.1 Å². The molecule has 76 valence electrons. The lowest BCUT2D eigenvalue weighted by atomic mass is 10.2. The van der Waals surface area contributed by atoms with Crippen molar-refractivity contribution in [2.45, 2.75) is 6.04 Å². The van der Waals surface area contributed by atoms with Crippen molar-refractivity contribution in [3.8, 4) is 6.07 Å². The Balaban J connectivity index is 1.75. The van der Waals surface area contributed by atoms with Crippen molar-refractivity contribution in [2.75, 3.05) is 18.0 Å². The molecule has 1 aliphatic heterocycles. The van der Waals surface area contributed by atoms with E-state index in [9.17, 15) is 0 Å². The van der Waals surface area contributed by atoms with Crippen LogP contribution in [0.1, 0.15) is 5.56 Å². The third kappa shape index (κ3) is 1.30. The summed E-state index contributed by atoms with van der Waals surface area (Å²) in [6.45, 7) is 2.16. The second-order valence-corrected chi connectivity index (χ2v) is 4.47. The molecule has 0 bridgehead atoms. The molecule has 1 heterocycles. The topological polar surface area (TPSA) is 53.0 Å². The molecule has 0 aromatic heterocycles. The largest absolute Gasteiger partial charge is 0.371 e. The summed E-state index contributed by atoms with van der Waals surface area (Å²) in [5.41, 5.74) is 7.83. The molecule has 3 atom stereocenters. The number of rotatable bonds is 1. The van der Waals surface area contributed by atoms with E-state index >= 15 is 0 Å². The monoisotopic (exact) mass is 199 g/mol. The third-order valence-corrected chi connectivity index (χ3v) is 3.62. The molecule has 1 saturated heterocycles. The fraction of sp³-hybridized carbons (Fsp3) is 0.417. The number of nitrogens with two attached hydrogens (primary N) is 1. The maximum Gasteiger partial charge on any atom is 0.0991 e. The Hall–Kier alpha value is -1.53. The Bertz CT molecular complexity index is 405. The Morgan fingerprint density at radius 3 is 2.33 bits per heavy atom. The van der Waals surface area contributed by atoms with Gasteiger partial charge in [-0.25, -0.2) is 0 Å². The van der Waals surface area contributed by atoms with E-state index in [-0.39, 0.29) is 0 Å². The van der Waals surface area contributed by atoms with E-state index in [1.165, 1.54) is 5.69 Å². The quantitative estimate of drug-likeness (QED) is 0.732. The molecule has 0 radical (unpaired) electrons. The van der Waals surface area contributed by atoms with Crippen LogP contribution in [0.2, 0.25) is 0 Å². The number of fused-ring (bicyclic) bond motifs is 1. The molecule has 1 aliphatic carbocycles. The molecule has 2 fully saturated rings. The molecule has 2 N–H and O–H groups in total. The third-order valence-electron chi connectivity index (χ3n) is 3.62. The van der Waals surface area contributed by atoms with E-state index in [4.69, 9.17) is 11.0 Å². The van der Waals surface area contributed by atoms with Crippen LogP contribution in [0.5, 0.6) is 0 Å². The van der Waals surface area contributed by atoms with Gasteiger partial charge in [0.25, 0.3) is 0 Å². The van der Waals surface area contributed by atoms with Gasteiger partial charge in [0.1, 0.15) is 0 Å². The number of nitrogens with zero attached hydrogens (tertiary/aromatic N) is 2.